The summed E-state index contributed by atoms with van der Waals surface area (Å²) in [7, 11) is 0. The van der Waals surface area contributed by atoms with Crippen molar-refractivity contribution in [2.75, 3.05) is 26.2 Å². The fourth-order valence-corrected chi connectivity index (χ4v) is 3.87. The number of benzene rings is 2. The Bertz CT molecular complexity index is 971. The van der Waals surface area contributed by atoms with E-state index < -0.39 is 0 Å². The second kappa shape index (κ2) is 10.4. The van der Waals surface area contributed by atoms with Crippen molar-refractivity contribution in [1.82, 2.24) is 14.7 Å². The Morgan fingerprint density at radius 1 is 1.07 bits per heavy atom. The summed E-state index contributed by atoms with van der Waals surface area (Å²) in [6.07, 6.45) is 4.80. The lowest BCUT2D eigenvalue weighted by atomic mass is 10.1. The molecule has 0 N–H and O–H groups in total. The van der Waals surface area contributed by atoms with Crippen LogP contribution in [0.4, 0.5) is 5.69 Å². The molecule has 0 spiro atoms. The Hall–Kier alpha value is -2.64. The molecule has 3 aromatic rings. The lowest BCUT2D eigenvalue weighted by Crippen LogP contribution is -2.31. The molecule has 1 saturated heterocycles. The molecule has 30 heavy (non-hydrogen) atoms. The van der Waals surface area contributed by atoms with Crippen LogP contribution >= 0.6 is 12.4 Å². The van der Waals surface area contributed by atoms with Gasteiger partial charge in [0.2, 0.25) is 5.88 Å². The predicted octanol–water partition coefficient (Wildman–Crippen LogP) is 4.67. The van der Waals surface area contributed by atoms with Crippen molar-refractivity contribution >= 4 is 29.0 Å². The van der Waals surface area contributed by atoms with E-state index >= 15 is 0 Å². The molecule has 1 fully saturated rings. The number of hydrogen-bond donors (Lipinski definition) is 0. The van der Waals surface area contributed by atoms with Gasteiger partial charge < -0.3 is 9.64 Å². The molecular formula is C22H27ClN4O3. The maximum absolute atomic E-state index is 11.2. The van der Waals surface area contributed by atoms with Gasteiger partial charge in [-0.1, -0.05) is 36.8 Å². The molecular weight excluding hydrogens is 404 g/mol. The molecule has 2 heterocycles. The maximum Gasteiger partial charge on any atom is 0.270 e. The first-order chi connectivity index (χ1) is 14.2. The standard InChI is InChI=1S/C22H26N4O3.ClH/c27-26(28)19-10-11-21-20(16-19)22(23-25(21)17-18-8-3-1-4-9-18)29-15-7-14-24-12-5-2-6-13-24;/h1,3-4,8-11,16H,2,5-7,12-15,17H2;1H. The Balaban J connectivity index is 0.00000256. The van der Waals surface area contributed by atoms with Crippen molar-refractivity contribution in [2.24, 2.45) is 0 Å². The van der Waals surface area contributed by atoms with E-state index in [1.54, 1.807) is 12.1 Å². The monoisotopic (exact) mass is 430 g/mol. The summed E-state index contributed by atoms with van der Waals surface area (Å²) in [5.41, 5.74) is 2.01. The summed E-state index contributed by atoms with van der Waals surface area (Å²) in [5, 5.41) is 16.5. The van der Waals surface area contributed by atoms with Crippen LogP contribution in [-0.2, 0) is 6.54 Å². The van der Waals surface area contributed by atoms with Crippen LogP contribution in [0.15, 0.2) is 48.5 Å². The van der Waals surface area contributed by atoms with E-state index in [4.69, 9.17) is 4.74 Å². The summed E-state index contributed by atoms with van der Waals surface area (Å²) in [4.78, 5) is 13.3. The van der Waals surface area contributed by atoms with E-state index in [0.29, 0.717) is 24.4 Å². The topological polar surface area (TPSA) is 73.4 Å². The Morgan fingerprint density at radius 3 is 2.57 bits per heavy atom. The van der Waals surface area contributed by atoms with Gasteiger partial charge in [-0.25, -0.2) is 0 Å². The number of ether oxygens (including phenoxy) is 1. The third-order valence-corrected chi connectivity index (χ3v) is 5.39. The number of likely N-dealkylation sites (tertiary alicyclic amines) is 1. The first-order valence-electron chi connectivity index (χ1n) is 10.2. The summed E-state index contributed by atoms with van der Waals surface area (Å²) in [6.45, 7) is 4.49. The number of hydrogen-bond acceptors (Lipinski definition) is 5. The Kier molecular flexibility index (Phi) is 7.65. The van der Waals surface area contributed by atoms with Crippen LogP contribution in [0.25, 0.3) is 10.9 Å². The van der Waals surface area contributed by atoms with Gasteiger partial charge in [0.25, 0.3) is 5.69 Å². The third kappa shape index (κ3) is 5.29. The Morgan fingerprint density at radius 2 is 1.83 bits per heavy atom. The molecule has 0 bridgehead atoms. The predicted molar refractivity (Wildman–Crippen MR) is 120 cm³/mol. The van der Waals surface area contributed by atoms with Gasteiger partial charge in [0.1, 0.15) is 0 Å². The number of nitro groups is 1. The molecule has 160 valence electrons. The van der Waals surface area contributed by atoms with Crippen LogP contribution in [0.1, 0.15) is 31.2 Å². The molecule has 0 saturated carbocycles. The maximum atomic E-state index is 11.2. The minimum absolute atomic E-state index is 0. The van der Waals surface area contributed by atoms with E-state index in [9.17, 15) is 10.1 Å². The van der Waals surface area contributed by atoms with Crippen molar-refractivity contribution in [2.45, 2.75) is 32.2 Å². The molecule has 0 radical (unpaired) electrons. The summed E-state index contributed by atoms with van der Waals surface area (Å²) >= 11 is 0. The number of halogens is 1. The van der Waals surface area contributed by atoms with E-state index in [1.165, 1.54) is 38.4 Å². The van der Waals surface area contributed by atoms with Crippen LogP contribution in [0.3, 0.4) is 0 Å². The average molecular weight is 431 g/mol. The van der Waals surface area contributed by atoms with Crippen molar-refractivity contribution in [3.05, 3.63) is 64.2 Å². The number of nitro benzene ring substituents is 1. The molecule has 7 nitrogen and oxygen atoms in total. The van der Waals surface area contributed by atoms with E-state index in [0.717, 1.165) is 24.0 Å². The minimum atomic E-state index is -0.381. The number of non-ortho nitro benzene ring substituents is 1. The van der Waals surface area contributed by atoms with Crippen molar-refractivity contribution in [3.8, 4) is 5.88 Å². The highest BCUT2D eigenvalue weighted by molar-refractivity contribution is 5.86. The highest BCUT2D eigenvalue weighted by Crippen LogP contribution is 2.29. The largest absolute Gasteiger partial charge is 0.476 e. The van der Waals surface area contributed by atoms with Gasteiger partial charge in [-0.15, -0.1) is 17.5 Å². The molecule has 0 amide bonds. The van der Waals surface area contributed by atoms with Crippen LogP contribution in [-0.4, -0.2) is 45.8 Å². The van der Waals surface area contributed by atoms with Gasteiger partial charge in [-0.3, -0.25) is 14.8 Å². The molecule has 1 aliphatic rings. The number of nitrogens with zero attached hydrogens (tertiary/aromatic N) is 4. The fourth-order valence-electron chi connectivity index (χ4n) is 3.87. The molecule has 0 aliphatic carbocycles. The second-order valence-corrected chi connectivity index (χ2v) is 7.51. The molecule has 0 atom stereocenters. The summed E-state index contributed by atoms with van der Waals surface area (Å²) < 4.78 is 7.84. The molecule has 2 aromatic carbocycles. The van der Waals surface area contributed by atoms with Crippen molar-refractivity contribution in [1.29, 1.82) is 0 Å². The van der Waals surface area contributed by atoms with Crippen LogP contribution < -0.4 is 4.74 Å². The smallest absolute Gasteiger partial charge is 0.270 e. The molecule has 4 rings (SSSR count). The van der Waals surface area contributed by atoms with Crippen LogP contribution in [0.2, 0.25) is 0 Å². The number of rotatable bonds is 8. The zero-order valence-electron chi connectivity index (χ0n) is 16.9. The first kappa shape index (κ1) is 22.1. The quantitative estimate of drug-likeness (QED) is 0.295. The van der Waals surface area contributed by atoms with E-state index in [2.05, 4.69) is 10.00 Å². The minimum Gasteiger partial charge on any atom is -0.476 e. The normalized spacial score (nSPS) is 14.4. The highest BCUT2D eigenvalue weighted by Gasteiger charge is 2.17. The molecule has 1 aromatic heterocycles. The van der Waals surface area contributed by atoms with Gasteiger partial charge in [-0.05, 0) is 44.0 Å². The molecule has 0 unspecified atom stereocenters. The van der Waals surface area contributed by atoms with Crippen molar-refractivity contribution in [3.63, 3.8) is 0 Å². The summed E-state index contributed by atoms with van der Waals surface area (Å²) in [6, 6.07) is 14.9. The second-order valence-electron chi connectivity index (χ2n) is 7.51. The Labute approximate surface area is 182 Å². The average Bonchev–Trinajstić information content (AvgIpc) is 3.09. The van der Waals surface area contributed by atoms with E-state index in [1.807, 2.05) is 35.0 Å². The number of piperidine rings is 1. The zero-order valence-corrected chi connectivity index (χ0v) is 17.7. The first-order valence-corrected chi connectivity index (χ1v) is 10.2. The molecule has 1 aliphatic heterocycles. The van der Waals surface area contributed by atoms with Gasteiger partial charge in [0.15, 0.2) is 0 Å². The SMILES string of the molecule is Cl.O=[N+]([O-])c1ccc2c(c1)c(OCCCN1CCCCC1)nn2Cc1ccccc1. The molecule has 8 heteroatoms. The zero-order chi connectivity index (χ0) is 20.1. The highest BCUT2D eigenvalue weighted by atomic mass is 35.5. The lowest BCUT2D eigenvalue weighted by Gasteiger charge is -2.26. The van der Waals surface area contributed by atoms with Gasteiger partial charge in [0.05, 0.1) is 29.0 Å². The van der Waals surface area contributed by atoms with Gasteiger partial charge in [-0.2, -0.15) is 0 Å². The van der Waals surface area contributed by atoms with Crippen molar-refractivity contribution < 1.29 is 9.66 Å². The fraction of sp³-hybridized carbons (Fsp3) is 0.409. The van der Waals surface area contributed by atoms with Crippen LogP contribution in [0, 0.1) is 10.1 Å². The summed E-state index contributed by atoms with van der Waals surface area (Å²) in [5.74, 6) is 0.471. The third-order valence-electron chi connectivity index (χ3n) is 5.39. The lowest BCUT2D eigenvalue weighted by molar-refractivity contribution is -0.384. The number of aromatic nitrogens is 2. The van der Waals surface area contributed by atoms with E-state index in [-0.39, 0.29) is 23.0 Å². The van der Waals surface area contributed by atoms with Crippen LogP contribution in [0.5, 0.6) is 5.88 Å². The number of fused-ring (bicyclic) bond motifs is 1. The van der Waals surface area contributed by atoms with Gasteiger partial charge >= 0.3 is 0 Å². The van der Waals surface area contributed by atoms with Gasteiger partial charge in [0, 0.05) is 18.7 Å².